The summed E-state index contributed by atoms with van der Waals surface area (Å²) in [5.41, 5.74) is 3.94. The van der Waals surface area contributed by atoms with Gasteiger partial charge in [-0.05, 0) is 51.4 Å². The molecule has 0 aliphatic rings. The van der Waals surface area contributed by atoms with Crippen LogP contribution >= 0.6 is 0 Å². The number of rotatable bonds is 6. The highest BCUT2D eigenvalue weighted by atomic mass is 15.3. The topological polar surface area (TPSA) is 29.9 Å². The van der Waals surface area contributed by atoms with Gasteiger partial charge in [-0.3, -0.25) is 4.68 Å². The van der Waals surface area contributed by atoms with Crippen molar-refractivity contribution in [2.45, 2.75) is 39.2 Å². The smallest absolute Gasteiger partial charge is 0.0631 e. The predicted molar refractivity (Wildman–Crippen MR) is 84.2 cm³/mol. The van der Waals surface area contributed by atoms with Crippen LogP contribution in [0.15, 0.2) is 36.5 Å². The zero-order valence-corrected chi connectivity index (χ0v) is 12.9. The minimum absolute atomic E-state index is 0.421. The molecular formula is C17H25N3. The third-order valence-corrected chi connectivity index (χ3v) is 3.73. The van der Waals surface area contributed by atoms with Gasteiger partial charge in [0.2, 0.25) is 0 Å². The molecule has 108 valence electrons. The Balaban J connectivity index is 2.19. The van der Waals surface area contributed by atoms with E-state index in [-0.39, 0.29) is 0 Å². The second-order valence-electron chi connectivity index (χ2n) is 5.70. The lowest BCUT2D eigenvalue weighted by atomic mass is 9.91. The number of hydrogen-bond donors (Lipinski definition) is 1. The van der Waals surface area contributed by atoms with Crippen molar-refractivity contribution < 1.29 is 0 Å². The van der Waals surface area contributed by atoms with Gasteiger partial charge in [-0.1, -0.05) is 24.3 Å². The van der Waals surface area contributed by atoms with Crippen LogP contribution < -0.4 is 5.32 Å². The Morgan fingerprint density at radius 2 is 1.95 bits per heavy atom. The molecule has 1 atom stereocenters. The molecule has 0 amide bonds. The number of likely N-dealkylation sites (N-methyl/N-ethyl adjacent to an activating group) is 1. The van der Waals surface area contributed by atoms with Gasteiger partial charge in [0.25, 0.3) is 0 Å². The van der Waals surface area contributed by atoms with E-state index in [4.69, 9.17) is 0 Å². The standard InChI is InChI=1S/C17H25N3/c1-13(2)20-10-9-16(19-20)11-15(12-18-4)17-8-6-5-7-14(17)3/h5-10,13,15,18H,11-12H2,1-4H3. The van der Waals surface area contributed by atoms with Crippen molar-refractivity contribution in [3.05, 3.63) is 53.3 Å². The molecule has 0 aliphatic carbocycles. The molecule has 0 bridgehead atoms. The van der Waals surface area contributed by atoms with E-state index in [0.29, 0.717) is 12.0 Å². The molecule has 1 N–H and O–H groups in total. The summed E-state index contributed by atoms with van der Waals surface area (Å²) in [5, 5.41) is 7.98. The summed E-state index contributed by atoms with van der Waals surface area (Å²) in [7, 11) is 2.01. The normalized spacial score (nSPS) is 12.8. The first-order valence-electron chi connectivity index (χ1n) is 7.36. The van der Waals surface area contributed by atoms with Crippen LogP contribution in [0.3, 0.4) is 0 Å². The maximum Gasteiger partial charge on any atom is 0.0631 e. The minimum Gasteiger partial charge on any atom is -0.319 e. The predicted octanol–water partition coefficient (Wildman–Crippen LogP) is 3.32. The van der Waals surface area contributed by atoms with E-state index in [0.717, 1.165) is 13.0 Å². The van der Waals surface area contributed by atoms with E-state index in [2.05, 4.69) is 67.7 Å². The second kappa shape index (κ2) is 6.71. The van der Waals surface area contributed by atoms with Crippen molar-refractivity contribution in [3.8, 4) is 0 Å². The SMILES string of the molecule is CNCC(Cc1ccn(C(C)C)n1)c1ccccc1C. The summed E-state index contributed by atoms with van der Waals surface area (Å²) < 4.78 is 2.03. The highest BCUT2D eigenvalue weighted by Crippen LogP contribution is 2.23. The lowest BCUT2D eigenvalue weighted by molar-refractivity contribution is 0.519. The van der Waals surface area contributed by atoms with E-state index >= 15 is 0 Å². The maximum atomic E-state index is 4.68. The first-order valence-corrected chi connectivity index (χ1v) is 7.36. The van der Waals surface area contributed by atoms with Crippen LogP contribution in [0.1, 0.15) is 42.6 Å². The number of nitrogens with one attached hydrogen (secondary N) is 1. The third-order valence-electron chi connectivity index (χ3n) is 3.73. The highest BCUT2D eigenvalue weighted by Gasteiger charge is 2.15. The van der Waals surface area contributed by atoms with Gasteiger partial charge in [0.1, 0.15) is 0 Å². The monoisotopic (exact) mass is 271 g/mol. The van der Waals surface area contributed by atoms with E-state index in [1.54, 1.807) is 0 Å². The Bertz CT molecular complexity index is 543. The Hall–Kier alpha value is -1.61. The number of hydrogen-bond acceptors (Lipinski definition) is 2. The van der Waals surface area contributed by atoms with Crippen LogP contribution in [0.25, 0.3) is 0 Å². The summed E-state index contributed by atoms with van der Waals surface area (Å²) in [5.74, 6) is 0.469. The summed E-state index contributed by atoms with van der Waals surface area (Å²) in [6, 6.07) is 11.2. The van der Waals surface area contributed by atoms with Gasteiger partial charge in [-0.25, -0.2) is 0 Å². The van der Waals surface area contributed by atoms with Crippen molar-refractivity contribution >= 4 is 0 Å². The average Bonchev–Trinajstić information content (AvgIpc) is 2.88. The molecule has 0 spiro atoms. The van der Waals surface area contributed by atoms with Crippen LogP contribution in [0.2, 0.25) is 0 Å². The summed E-state index contributed by atoms with van der Waals surface area (Å²) in [4.78, 5) is 0. The fourth-order valence-electron chi connectivity index (χ4n) is 2.61. The number of aryl methyl sites for hydroxylation is 1. The number of nitrogens with zero attached hydrogens (tertiary/aromatic N) is 2. The van der Waals surface area contributed by atoms with Crippen molar-refractivity contribution in [1.82, 2.24) is 15.1 Å². The molecule has 2 rings (SSSR count). The molecule has 20 heavy (non-hydrogen) atoms. The minimum atomic E-state index is 0.421. The average molecular weight is 271 g/mol. The van der Waals surface area contributed by atoms with E-state index in [9.17, 15) is 0 Å². The molecule has 1 aromatic heterocycles. The molecule has 3 heteroatoms. The molecular weight excluding hydrogens is 246 g/mol. The Morgan fingerprint density at radius 1 is 1.20 bits per heavy atom. The van der Waals surface area contributed by atoms with Gasteiger partial charge < -0.3 is 5.32 Å². The van der Waals surface area contributed by atoms with Crippen molar-refractivity contribution in [2.75, 3.05) is 13.6 Å². The fourth-order valence-corrected chi connectivity index (χ4v) is 2.61. The van der Waals surface area contributed by atoms with E-state index < -0.39 is 0 Å². The number of benzene rings is 1. The molecule has 0 saturated heterocycles. The highest BCUT2D eigenvalue weighted by molar-refractivity contribution is 5.30. The second-order valence-corrected chi connectivity index (χ2v) is 5.70. The molecule has 3 nitrogen and oxygen atoms in total. The summed E-state index contributed by atoms with van der Waals surface area (Å²) in [6.45, 7) is 7.47. The molecule has 1 aromatic carbocycles. The van der Waals surface area contributed by atoms with Gasteiger partial charge >= 0.3 is 0 Å². The van der Waals surface area contributed by atoms with E-state index in [1.807, 2.05) is 11.7 Å². The first kappa shape index (κ1) is 14.8. The lowest BCUT2D eigenvalue weighted by Crippen LogP contribution is -2.20. The zero-order chi connectivity index (χ0) is 14.5. The van der Waals surface area contributed by atoms with E-state index in [1.165, 1.54) is 16.8 Å². The molecule has 2 aromatic rings. The summed E-state index contributed by atoms with van der Waals surface area (Å²) >= 11 is 0. The Kier molecular flexibility index (Phi) is 4.96. The lowest BCUT2D eigenvalue weighted by Gasteiger charge is -2.18. The molecule has 0 aliphatic heterocycles. The van der Waals surface area contributed by atoms with Crippen LogP contribution in [-0.2, 0) is 6.42 Å². The number of aromatic nitrogens is 2. The largest absolute Gasteiger partial charge is 0.319 e. The van der Waals surface area contributed by atoms with Crippen molar-refractivity contribution in [3.63, 3.8) is 0 Å². The van der Waals surface area contributed by atoms with Gasteiger partial charge in [0, 0.05) is 24.7 Å². The molecule has 0 radical (unpaired) electrons. The van der Waals surface area contributed by atoms with Gasteiger partial charge in [0.15, 0.2) is 0 Å². The molecule has 0 fully saturated rings. The molecule has 1 heterocycles. The van der Waals surface area contributed by atoms with Gasteiger partial charge in [-0.2, -0.15) is 5.10 Å². The van der Waals surface area contributed by atoms with Crippen molar-refractivity contribution in [1.29, 1.82) is 0 Å². The molecule has 1 unspecified atom stereocenters. The maximum absolute atomic E-state index is 4.68. The van der Waals surface area contributed by atoms with Gasteiger partial charge in [-0.15, -0.1) is 0 Å². The fraction of sp³-hybridized carbons (Fsp3) is 0.471. The Morgan fingerprint density at radius 3 is 2.55 bits per heavy atom. The van der Waals surface area contributed by atoms with Crippen LogP contribution in [0, 0.1) is 6.92 Å². The summed E-state index contributed by atoms with van der Waals surface area (Å²) in [6.07, 6.45) is 3.06. The van der Waals surface area contributed by atoms with Crippen molar-refractivity contribution in [2.24, 2.45) is 0 Å². The Labute approximate surface area is 122 Å². The quantitative estimate of drug-likeness (QED) is 0.873. The third kappa shape index (κ3) is 3.48. The van der Waals surface area contributed by atoms with Crippen LogP contribution in [0.4, 0.5) is 0 Å². The van der Waals surface area contributed by atoms with Crippen LogP contribution in [-0.4, -0.2) is 23.4 Å². The van der Waals surface area contributed by atoms with Gasteiger partial charge in [0.05, 0.1) is 5.69 Å². The zero-order valence-electron chi connectivity index (χ0n) is 12.9. The van der Waals surface area contributed by atoms with Crippen LogP contribution in [0.5, 0.6) is 0 Å². The first-order chi connectivity index (χ1) is 9.61. The molecule has 0 saturated carbocycles.